The van der Waals surface area contributed by atoms with E-state index in [2.05, 4.69) is 25.6 Å². The number of hydrogen-bond donors (Lipinski definition) is 2. The molecule has 2 aromatic carbocycles. The predicted molar refractivity (Wildman–Crippen MR) is 123 cm³/mol. The van der Waals surface area contributed by atoms with Crippen molar-refractivity contribution >= 4 is 68.2 Å². The highest BCUT2D eigenvalue weighted by Gasteiger charge is 2.17. The minimum atomic E-state index is -2.47. The maximum atomic E-state index is 12.6. The number of hydrogen-bond acceptors (Lipinski definition) is 7. The smallest absolute Gasteiger partial charge is 0.231 e. The third kappa shape index (κ3) is 4.27. The van der Waals surface area contributed by atoms with E-state index in [9.17, 15) is 4.57 Å². The summed E-state index contributed by atoms with van der Waals surface area (Å²) < 4.78 is 13.7. The number of benzene rings is 2. The molecular formula is C20H19ClN5OPS. The number of halogens is 1. The summed E-state index contributed by atoms with van der Waals surface area (Å²) in [6, 6.07) is 13.5. The van der Waals surface area contributed by atoms with Crippen molar-refractivity contribution in [2.24, 2.45) is 0 Å². The molecular weight excluding hydrogens is 425 g/mol. The average Bonchev–Trinajstić information content (AvgIpc) is 3.08. The Morgan fingerprint density at radius 3 is 2.59 bits per heavy atom. The van der Waals surface area contributed by atoms with Crippen LogP contribution in [0.2, 0.25) is 5.02 Å². The molecule has 0 aliphatic carbocycles. The van der Waals surface area contributed by atoms with Crippen LogP contribution in [0.5, 0.6) is 0 Å². The molecule has 0 aliphatic rings. The molecule has 0 spiro atoms. The Labute approximate surface area is 177 Å². The third-order valence-electron chi connectivity index (χ3n) is 4.32. The maximum absolute atomic E-state index is 12.6. The van der Waals surface area contributed by atoms with Crippen LogP contribution >= 0.6 is 30.1 Å². The molecule has 0 aliphatic heterocycles. The molecule has 148 valence electrons. The number of anilines is 4. The van der Waals surface area contributed by atoms with Crippen molar-refractivity contribution in [3.63, 3.8) is 0 Å². The molecule has 0 bridgehead atoms. The second kappa shape index (κ2) is 7.75. The van der Waals surface area contributed by atoms with Crippen LogP contribution in [-0.4, -0.2) is 28.3 Å². The van der Waals surface area contributed by atoms with Gasteiger partial charge >= 0.3 is 0 Å². The summed E-state index contributed by atoms with van der Waals surface area (Å²) in [5.74, 6) is 0.810. The van der Waals surface area contributed by atoms with Crippen LogP contribution in [0.25, 0.3) is 10.2 Å². The van der Waals surface area contributed by atoms with E-state index in [4.69, 9.17) is 11.6 Å². The van der Waals surface area contributed by atoms with Crippen LogP contribution < -0.4 is 15.9 Å². The van der Waals surface area contributed by atoms with Gasteiger partial charge in [0, 0.05) is 5.30 Å². The van der Waals surface area contributed by atoms with E-state index in [0.29, 0.717) is 27.6 Å². The number of rotatable bonds is 5. The van der Waals surface area contributed by atoms with Gasteiger partial charge in [0.15, 0.2) is 10.9 Å². The summed E-state index contributed by atoms with van der Waals surface area (Å²) in [6.07, 6.45) is 1.53. The number of para-hydroxylation sites is 2. The van der Waals surface area contributed by atoms with Crippen LogP contribution in [0.1, 0.15) is 5.56 Å². The molecule has 29 heavy (non-hydrogen) atoms. The van der Waals surface area contributed by atoms with E-state index >= 15 is 0 Å². The van der Waals surface area contributed by atoms with Crippen LogP contribution in [0, 0.1) is 6.92 Å². The monoisotopic (exact) mass is 443 g/mol. The van der Waals surface area contributed by atoms with E-state index in [1.54, 1.807) is 13.3 Å². The number of nitrogens with zero attached hydrogens (tertiary/aromatic N) is 3. The molecule has 4 rings (SSSR count). The van der Waals surface area contributed by atoms with Crippen LogP contribution in [0.3, 0.4) is 0 Å². The average molecular weight is 444 g/mol. The molecule has 0 fully saturated rings. The first-order valence-electron chi connectivity index (χ1n) is 8.88. The van der Waals surface area contributed by atoms with Crippen LogP contribution in [-0.2, 0) is 4.57 Å². The fourth-order valence-electron chi connectivity index (χ4n) is 2.93. The van der Waals surface area contributed by atoms with Gasteiger partial charge in [-0.2, -0.15) is 4.98 Å². The second-order valence-corrected chi connectivity index (χ2v) is 11.6. The molecule has 0 amide bonds. The molecule has 0 unspecified atom stereocenters. The SMILES string of the molecule is Cc1cccc2sc(Nc3ncc(Cl)c(Nc4ccccc4P(C)(C)=O)n3)nc12. The summed E-state index contributed by atoms with van der Waals surface area (Å²) in [7, 11) is -2.47. The van der Waals surface area contributed by atoms with E-state index in [-0.39, 0.29) is 0 Å². The molecule has 6 nitrogen and oxygen atoms in total. The van der Waals surface area contributed by atoms with Gasteiger partial charge in [-0.3, -0.25) is 5.32 Å². The lowest BCUT2D eigenvalue weighted by molar-refractivity contribution is 0.588. The van der Waals surface area contributed by atoms with E-state index in [0.717, 1.165) is 21.1 Å². The predicted octanol–water partition coefficient (Wildman–Crippen LogP) is 5.78. The molecule has 9 heteroatoms. The van der Waals surface area contributed by atoms with Gasteiger partial charge in [-0.25, -0.2) is 9.97 Å². The number of aryl methyl sites for hydroxylation is 1. The molecule has 2 heterocycles. The Morgan fingerprint density at radius 2 is 1.83 bits per heavy atom. The van der Waals surface area contributed by atoms with E-state index in [1.165, 1.54) is 17.5 Å². The Hall–Kier alpha value is -2.47. The van der Waals surface area contributed by atoms with Crippen LogP contribution in [0.15, 0.2) is 48.7 Å². The Morgan fingerprint density at radius 1 is 1.03 bits per heavy atom. The first-order chi connectivity index (χ1) is 13.8. The number of aromatic nitrogens is 3. The number of nitrogens with one attached hydrogen (secondary N) is 2. The largest absolute Gasteiger partial charge is 0.338 e. The van der Waals surface area contributed by atoms with Crippen molar-refractivity contribution < 1.29 is 4.57 Å². The second-order valence-electron chi connectivity index (χ2n) is 6.95. The standard InChI is InChI=1S/C20H19ClN5OPS/c1-12-7-6-10-16-17(12)24-20(29-16)26-19-22-11-13(21)18(25-19)23-14-8-4-5-9-15(14)28(2,3)27/h4-11H,1-3H3,(H2,22,23,24,25,26). The summed E-state index contributed by atoms with van der Waals surface area (Å²) in [5.41, 5.74) is 2.79. The fraction of sp³-hybridized carbons (Fsp3) is 0.150. The quantitative estimate of drug-likeness (QED) is 0.380. The topological polar surface area (TPSA) is 79.8 Å². The number of thiazole rings is 1. The van der Waals surface area contributed by atoms with Gasteiger partial charge in [0.1, 0.15) is 12.2 Å². The summed E-state index contributed by atoms with van der Waals surface area (Å²) in [4.78, 5) is 13.4. The minimum Gasteiger partial charge on any atom is -0.338 e. The molecule has 2 aromatic heterocycles. The lowest BCUT2D eigenvalue weighted by Gasteiger charge is -2.15. The van der Waals surface area contributed by atoms with Gasteiger partial charge in [0.25, 0.3) is 0 Å². The summed E-state index contributed by atoms with van der Waals surface area (Å²) in [5, 5.41) is 8.16. The van der Waals surface area contributed by atoms with Crippen molar-refractivity contribution in [2.75, 3.05) is 24.0 Å². The van der Waals surface area contributed by atoms with Gasteiger partial charge in [0.2, 0.25) is 5.95 Å². The van der Waals surface area contributed by atoms with E-state index in [1.807, 2.05) is 49.4 Å². The summed E-state index contributed by atoms with van der Waals surface area (Å²) in [6.45, 7) is 5.50. The normalized spacial score (nSPS) is 11.6. The zero-order valence-corrected chi connectivity index (χ0v) is 18.6. The van der Waals surface area contributed by atoms with Gasteiger partial charge in [-0.1, -0.05) is 47.2 Å². The lowest BCUT2D eigenvalue weighted by atomic mass is 10.2. The maximum Gasteiger partial charge on any atom is 0.231 e. The van der Waals surface area contributed by atoms with Crippen molar-refractivity contribution in [1.82, 2.24) is 15.0 Å². The van der Waals surface area contributed by atoms with Gasteiger partial charge < -0.3 is 9.88 Å². The molecule has 4 aromatic rings. The minimum absolute atomic E-state index is 0.368. The summed E-state index contributed by atoms with van der Waals surface area (Å²) >= 11 is 7.84. The van der Waals surface area contributed by atoms with E-state index < -0.39 is 7.14 Å². The zero-order chi connectivity index (χ0) is 20.6. The van der Waals surface area contributed by atoms with Gasteiger partial charge in [-0.05, 0) is 44.0 Å². The molecule has 0 radical (unpaired) electrons. The third-order valence-corrected chi connectivity index (χ3v) is 7.08. The molecule has 2 N–H and O–H groups in total. The highest BCUT2D eigenvalue weighted by atomic mass is 35.5. The van der Waals surface area contributed by atoms with Crippen molar-refractivity contribution in [2.45, 2.75) is 6.92 Å². The molecule has 0 saturated heterocycles. The molecule has 0 atom stereocenters. The highest BCUT2D eigenvalue weighted by molar-refractivity contribution is 7.70. The number of fused-ring (bicyclic) bond motifs is 1. The fourth-order valence-corrected chi connectivity index (χ4v) is 5.16. The Balaban J connectivity index is 1.65. The van der Waals surface area contributed by atoms with Crippen molar-refractivity contribution in [1.29, 1.82) is 0 Å². The first-order valence-corrected chi connectivity index (χ1v) is 12.7. The highest BCUT2D eigenvalue weighted by Crippen LogP contribution is 2.38. The van der Waals surface area contributed by atoms with Crippen molar-refractivity contribution in [3.05, 3.63) is 59.2 Å². The first kappa shape index (κ1) is 19.8. The lowest BCUT2D eigenvalue weighted by Crippen LogP contribution is -2.10. The van der Waals surface area contributed by atoms with Gasteiger partial charge in [0.05, 0.1) is 22.1 Å². The Kier molecular flexibility index (Phi) is 5.30. The zero-order valence-electron chi connectivity index (χ0n) is 16.1. The Bertz CT molecular complexity index is 1250. The van der Waals surface area contributed by atoms with Crippen molar-refractivity contribution in [3.8, 4) is 0 Å². The molecule has 0 saturated carbocycles. The van der Waals surface area contributed by atoms with Crippen LogP contribution in [0.4, 0.5) is 22.6 Å². The van der Waals surface area contributed by atoms with Gasteiger partial charge in [-0.15, -0.1) is 0 Å².